The second-order valence-corrected chi connectivity index (χ2v) is 22.4. The Labute approximate surface area is 524 Å². The van der Waals surface area contributed by atoms with Crippen LogP contribution in [0, 0.1) is 0 Å². The molecule has 0 heterocycles. The van der Waals surface area contributed by atoms with Gasteiger partial charge in [0.1, 0.15) is 73.3 Å². The molecule has 0 fully saturated rings. The van der Waals surface area contributed by atoms with Crippen molar-refractivity contribution in [2.24, 2.45) is 0 Å². The van der Waals surface area contributed by atoms with Crippen molar-refractivity contribution in [1.82, 2.24) is 0 Å². The Hall–Kier alpha value is -11.3. The summed E-state index contributed by atoms with van der Waals surface area (Å²) >= 11 is 0. The van der Waals surface area contributed by atoms with E-state index in [0.717, 1.165) is 50.3 Å². The number of methoxy groups -OCH3 is 2. The van der Waals surface area contributed by atoms with Gasteiger partial charge in [-0.3, -0.25) is 0 Å². The first-order valence-electron chi connectivity index (χ1n) is 30.3. The Morgan fingerprint density at radius 1 is 0.189 bits per heavy atom. The highest BCUT2D eigenvalue weighted by molar-refractivity contribution is 6.22. The highest BCUT2D eigenvalue weighted by Gasteiger charge is 2.19. The average Bonchev–Trinajstić information content (AvgIpc) is 0.789. The van der Waals surface area contributed by atoms with Crippen LogP contribution in [0.2, 0.25) is 0 Å². The number of benzene rings is 14. The Morgan fingerprint density at radius 3 is 0.778 bits per heavy atom. The van der Waals surface area contributed by atoms with E-state index >= 15 is 0 Å². The third-order valence-corrected chi connectivity index (χ3v) is 16.6. The molecule has 7 nitrogen and oxygen atoms in total. The number of hydrogen-bond donors (Lipinski definition) is 0. The van der Waals surface area contributed by atoms with Gasteiger partial charge in [-0.05, 0) is 164 Å². The fourth-order valence-corrected chi connectivity index (χ4v) is 12.2. The molecule has 90 heavy (non-hydrogen) atoms. The van der Waals surface area contributed by atoms with E-state index in [2.05, 4.69) is 200 Å². The van der Waals surface area contributed by atoms with Crippen molar-refractivity contribution in [3.63, 3.8) is 0 Å². The van der Waals surface area contributed by atoms with E-state index < -0.39 is 0 Å². The maximum absolute atomic E-state index is 6.69. The number of fused-ring (bicyclic) bond motifs is 4. The summed E-state index contributed by atoms with van der Waals surface area (Å²) in [7, 11) is 3.28. The predicted molar refractivity (Wildman–Crippen MR) is 365 cm³/mol. The number of hydrogen-bond acceptors (Lipinski definition) is 7. The minimum absolute atomic E-state index is 0.258. The Kier molecular flexibility index (Phi) is 16.3. The zero-order valence-corrected chi connectivity index (χ0v) is 50.1. The van der Waals surface area contributed by atoms with Crippen LogP contribution in [-0.2, 0) is 33.0 Å². The van der Waals surface area contributed by atoms with Crippen molar-refractivity contribution in [3.05, 3.63) is 319 Å². The van der Waals surface area contributed by atoms with Gasteiger partial charge >= 0.3 is 0 Å². The molecule has 0 amide bonds. The van der Waals surface area contributed by atoms with Gasteiger partial charge in [0, 0.05) is 18.2 Å². The molecule has 438 valence electrons. The van der Waals surface area contributed by atoms with Crippen LogP contribution in [0.5, 0.6) is 40.2 Å². The third kappa shape index (κ3) is 12.2. The number of ether oxygens (including phenoxy) is 7. The van der Waals surface area contributed by atoms with Gasteiger partial charge in [-0.1, -0.05) is 224 Å². The lowest BCUT2D eigenvalue weighted by Crippen LogP contribution is -2.02. The van der Waals surface area contributed by atoms with Gasteiger partial charge < -0.3 is 33.2 Å². The molecule has 0 aromatic heterocycles. The smallest absolute Gasteiger partial charge is 0.123 e. The molecule has 0 atom stereocenters. The summed E-state index contributed by atoms with van der Waals surface area (Å²) < 4.78 is 43.1. The second-order valence-electron chi connectivity index (χ2n) is 22.4. The minimum atomic E-state index is 0.258. The second kappa shape index (κ2) is 26.0. The van der Waals surface area contributed by atoms with E-state index in [4.69, 9.17) is 33.2 Å². The molecule has 0 saturated carbocycles. The molecule has 7 heteroatoms. The van der Waals surface area contributed by atoms with Gasteiger partial charge in [-0.2, -0.15) is 0 Å². The highest BCUT2D eigenvalue weighted by atomic mass is 16.5. The molecule has 14 aromatic rings. The maximum atomic E-state index is 6.69. The summed E-state index contributed by atoms with van der Waals surface area (Å²) in [6.45, 7) is 1.77. The molecule has 0 spiro atoms. The highest BCUT2D eigenvalue weighted by Crippen LogP contribution is 2.46. The lowest BCUT2D eigenvalue weighted by molar-refractivity contribution is 0.278. The van der Waals surface area contributed by atoms with Crippen molar-refractivity contribution < 1.29 is 33.2 Å². The summed E-state index contributed by atoms with van der Waals surface area (Å²) in [5.41, 5.74) is 14.5. The van der Waals surface area contributed by atoms with Crippen LogP contribution in [0.25, 0.3) is 87.6 Å². The van der Waals surface area contributed by atoms with Crippen molar-refractivity contribution in [2.75, 3.05) is 14.2 Å². The zero-order valence-electron chi connectivity index (χ0n) is 50.1. The molecular formula is C83H64O7. The first-order valence-corrected chi connectivity index (χ1v) is 30.3. The SMILES string of the molecule is COc1cc(COc2cccc(OCc3cc(OCc4ccc(-c5c6ccccc6c(-c6ccccc6)c6ccccc56)cc4)cc(OCc4ccc(-c5c6ccccc6c(-c6ccc(COc7ccccc7)cc6)c6ccccc56)cc4)c3)c2)cc(OC)c1. The Balaban J connectivity index is 0.721. The molecule has 0 aliphatic rings. The molecule has 0 radical (unpaired) electrons. The topological polar surface area (TPSA) is 64.6 Å². The number of rotatable bonds is 21. The molecule has 0 saturated heterocycles. The standard InChI is InChI=1S/C83H64O7/c1-84-68-44-59(45-69(49-68)85-2)54-87-66-22-17-23-67(48-66)88-55-60-46-70(89-52-57-34-40-63(41-35-57)81-74-26-11-9-24-72(74)80(61-18-5-3-6-19-61)73-25-10-12-27-75(73)81)50-71(47-60)90-53-58-36-42-64(43-37-58)83-78-30-15-13-28-76(78)82(77-29-14-16-31-79(77)83)62-38-32-56(33-39-62)51-86-65-20-7-4-8-21-65/h3-50H,51-55H2,1-2H3. The van der Waals surface area contributed by atoms with Crippen LogP contribution in [0.1, 0.15) is 27.8 Å². The molecule has 0 aliphatic heterocycles. The van der Waals surface area contributed by atoms with Crippen molar-refractivity contribution in [3.8, 4) is 84.8 Å². The van der Waals surface area contributed by atoms with E-state index in [1.807, 2.05) is 91.0 Å². The van der Waals surface area contributed by atoms with Gasteiger partial charge in [-0.25, -0.2) is 0 Å². The molecule has 14 rings (SSSR count). The third-order valence-electron chi connectivity index (χ3n) is 16.6. The summed E-state index contributed by atoms with van der Waals surface area (Å²) in [5, 5.41) is 9.67. The van der Waals surface area contributed by atoms with Crippen LogP contribution in [0.4, 0.5) is 0 Å². The van der Waals surface area contributed by atoms with Gasteiger partial charge in [0.2, 0.25) is 0 Å². The van der Waals surface area contributed by atoms with Gasteiger partial charge in [-0.15, -0.1) is 0 Å². The van der Waals surface area contributed by atoms with Crippen LogP contribution in [-0.4, -0.2) is 14.2 Å². The van der Waals surface area contributed by atoms with E-state index in [9.17, 15) is 0 Å². The lowest BCUT2D eigenvalue weighted by atomic mass is 9.86. The van der Waals surface area contributed by atoms with Gasteiger partial charge in [0.05, 0.1) is 14.2 Å². The van der Waals surface area contributed by atoms with Crippen molar-refractivity contribution in [1.29, 1.82) is 0 Å². The van der Waals surface area contributed by atoms with E-state index in [0.29, 0.717) is 60.9 Å². The van der Waals surface area contributed by atoms with E-state index in [1.165, 1.54) is 70.9 Å². The summed E-state index contributed by atoms with van der Waals surface area (Å²) in [6, 6.07) is 101. The normalized spacial score (nSPS) is 11.2. The Bertz CT molecular complexity index is 4700. The van der Waals surface area contributed by atoms with Crippen molar-refractivity contribution >= 4 is 43.1 Å². The van der Waals surface area contributed by atoms with Crippen molar-refractivity contribution in [2.45, 2.75) is 33.0 Å². The molecule has 14 aromatic carbocycles. The first kappa shape index (κ1) is 56.5. The maximum Gasteiger partial charge on any atom is 0.123 e. The summed E-state index contributed by atoms with van der Waals surface area (Å²) in [5.74, 6) is 4.92. The first-order chi connectivity index (χ1) is 44.5. The van der Waals surface area contributed by atoms with E-state index in [1.54, 1.807) is 14.2 Å². The molecule has 0 N–H and O–H groups in total. The van der Waals surface area contributed by atoms with Crippen LogP contribution in [0.15, 0.2) is 291 Å². The quantitative estimate of drug-likeness (QED) is 0.0664. The van der Waals surface area contributed by atoms with Crippen LogP contribution >= 0.6 is 0 Å². The zero-order chi connectivity index (χ0) is 60.6. The molecule has 0 bridgehead atoms. The van der Waals surface area contributed by atoms with Gasteiger partial charge in [0.25, 0.3) is 0 Å². The lowest BCUT2D eigenvalue weighted by Gasteiger charge is -2.18. The largest absolute Gasteiger partial charge is 0.497 e. The number of para-hydroxylation sites is 1. The van der Waals surface area contributed by atoms with Crippen LogP contribution in [0.3, 0.4) is 0 Å². The molecular weight excluding hydrogens is 1110 g/mol. The predicted octanol–water partition coefficient (Wildman–Crippen LogP) is 20.9. The summed E-state index contributed by atoms with van der Waals surface area (Å²) in [4.78, 5) is 0. The fourth-order valence-electron chi connectivity index (χ4n) is 12.2. The van der Waals surface area contributed by atoms with Crippen LogP contribution < -0.4 is 33.2 Å². The fraction of sp³-hybridized carbons (Fsp3) is 0.0843. The average molecular weight is 1170 g/mol. The molecule has 0 aliphatic carbocycles. The van der Waals surface area contributed by atoms with Gasteiger partial charge in [0.15, 0.2) is 0 Å². The monoisotopic (exact) mass is 1170 g/mol. The molecule has 0 unspecified atom stereocenters. The Morgan fingerprint density at radius 2 is 0.433 bits per heavy atom. The van der Waals surface area contributed by atoms with E-state index in [-0.39, 0.29) is 6.61 Å². The summed E-state index contributed by atoms with van der Waals surface area (Å²) in [6.07, 6.45) is 0. The minimum Gasteiger partial charge on any atom is -0.497 e.